The molecule has 6 heteroatoms. The van der Waals surface area contributed by atoms with Crippen LogP contribution in [0, 0.1) is 6.92 Å². The molecule has 0 saturated heterocycles. The fourth-order valence-electron chi connectivity index (χ4n) is 2.31. The van der Waals surface area contributed by atoms with Crippen LogP contribution in [-0.2, 0) is 4.79 Å². The number of nitrogens with one attached hydrogen (secondary N) is 1. The lowest BCUT2D eigenvalue weighted by atomic mass is 10.1. The molecule has 0 spiro atoms. The van der Waals surface area contributed by atoms with E-state index in [-0.39, 0.29) is 25.1 Å². The summed E-state index contributed by atoms with van der Waals surface area (Å²) in [4.78, 5) is 23.9. The molecule has 0 atom stereocenters. The van der Waals surface area contributed by atoms with Crippen molar-refractivity contribution in [2.45, 2.75) is 13.8 Å². The van der Waals surface area contributed by atoms with Gasteiger partial charge in [0.15, 0.2) is 23.9 Å². The fourth-order valence-corrected chi connectivity index (χ4v) is 2.31. The molecule has 0 aliphatic carbocycles. The van der Waals surface area contributed by atoms with E-state index in [1.807, 2.05) is 19.1 Å². The highest BCUT2D eigenvalue weighted by molar-refractivity contribution is 6.04. The normalized spacial score (nSPS) is 11.9. The van der Waals surface area contributed by atoms with Crippen molar-refractivity contribution < 1.29 is 23.8 Å². The molecule has 6 nitrogen and oxygen atoms in total. The lowest BCUT2D eigenvalue weighted by Gasteiger charge is -2.11. The average Bonchev–Trinajstić information content (AvgIpc) is 3.00. The van der Waals surface area contributed by atoms with E-state index in [0.717, 1.165) is 5.56 Å². The number of anilines is 1. The molecule has 2 aromatic carbocycles. The minimum absolute atomic E-state index is 0.0978. The zero-order valence-electron chi connectivity index (χ0n) is 13.4. The van der Waals surface area contributed by atoms with Crippen molar-refractivity contribution in [3.63, 3.8) is 0 Å². The minimum atomic E-state index is -0.364. The van der Waals surface area contributed by atoms with E-state index >= 15 is 0 Å². The van der Waals surface area contributed by atoms with Crippen LogP contribution < -0.4 is 19.5 Å². The quantitative estimate of drug-likeness (QED) is 0.855. The van der Waals surface area contributed by atoms with E-state index in [2.05, 4.69) is 5.32 Å². The molecule has 1 aliphatic rings. The number of ketones is 1. The molecule has 0 aromatic heterocycles. The zero-order chi connectivity index (χ0) is 17.1. The van der Waals surface area contributed by atoms with Gasteiger partial charge in [0.25, 0.3) is 5.91 Å². The van der Waals surface area contributed by atoms with Crippen LogP contribution in [0.3, 0.4) is 0 Å². The van der Waals surface area contributed by atoms with Crippen molar-refractivity contribution in [3.05, 3.63) is 47.5 Å². The highest BCUT2D eigenvalue weighted by Crippen LogP contribution is 2.37. The fraction of sp³-hybridized carbons (Fsp3) is 0.222. The molecule has 24 heavy (non-hydrogen) atoms. The van der Waals surface area contributed by atoms with Crippen LogP contribution in [0.4, 0.5) is 5.69 Å². The Morgan fingerprint density at radius 1 is 1.12 bits per heavy atom. The molecule has 0 bridgehead atoms. The van der Waals surface area contributed by atoms with Crippen LogP contribution in [0.25, 0.3) is 0 Å². The number of carbonyl (C=O) groups is 2. The van der Waals surface area contributed by atoms with Gasteiger partial charge in [0.1, 0.15) is 5.75 Å². The van der Waals surface area contributed by atoms with Gasteiger partial charge < -0.3 is 19.5 Å². The second-order valence-electron chi connectivity index (χ2n) is 5.46. The van der Waals surface area contributed by atoms with Crippen LogP contribution in [0.2, 0.25) is 0 Å². The third-order valence-electron chi connectivity index (χ3n) is 3.56. The molecule has 0 fully saturated rings. The molecule has 1 N–H and O–H groups in total. The van der Waals surface area contributed by atoms with Crippen LogP contribution in [0.5, 0.6) is 17.2 Å². The van der Waals surface area contributed by atoms with Crippen molar-refractivity contribution in [2.75, 3.05) is 18.7 Å². The number of amides is 1. The molecule has 1 amide bonds. The molecule has 0 unspecified atom stereocenters. The summed E-state index contributed by atoms with van der Waals surface area (Å²) >= 11 is 0. The highest BCUT2D eigenvalue weighted by atomic mass is 16.7. The molecule has 1 aliphatic heterocycles. The molecule has 2 aromatic rings. The van der Waals surface area contributed by atoms with Gasteiger partial charge in [0.05, 0.1) is 5.69 Å². The monoisotopic (exact) mass is 327 g/mol. The van der Waals surface area contributed by atoms with E-state index in [1.54, 1.807) is 24.3 Å². The lowest BCUT2D eigenvalue weighted by molar-refractivity contribution is -0.118. The van der Waals surface area contributed by atoms with Gasteiger partial charge in [0, 0.05) is 11.6 Å². The van der Waals surface area contributed by atoms with E-state index in [9.17, 15) is 9.59 Å². The summed E-state index contributed by atoms with van der Waals surface area (Å²) < 4.78 is 16.0. The number of hydrogen-bond donors (Lipinski definition) is 1. The van der Waals surface area contributed by atoms with Crippen molar-refractivity contribution in [2.24, 2.45) is 0 Å². The highest BCUT2D eigenvalue weighted by Gasteiger charge is 2.20. The van der Waals surface area contributed by atoms with Crippen molar-refractivity contribution in [3.8, 4) is 17.2 Å². The number of fused-ring (bicyclic) bond motifs is 1. The van der Waals surface area contributed by atoms with Gasteiger partial charge in [0.2, 0.25) is 6.79 Å². The topological polar surface area (TPSA) is 73.9 Å². The average molecular weight is 327 g/mol. The number of hydrogen-bond acceptors (Lipinski definition) is 5. The SMILES string of the molecule is CC(=O)c1cc2c(cc1NC(=O)COc1ccc(C)cc1)OCO2. The van der Waals surface area contributed by atoms with E-state index in [0.29, 0.717) is 28.5 Å². The Morgan fingerprint density at radius 2 is 1.79 bits per heavy atom. The standard InChI is InChI=1S/C18H17NO5/c1-11-3-5-13(6-4-11)22-9-18(21)19-15-8-17-16(23-10-24-17)7-14(15)12(2)20/h3-8H,9-10H2,1-2H3,(H,19,21). The maximum atomic E-state index is 12.1. The van der Waals surface area contributed by atoms with Gasteiger partial charge in [-0.05, 0) is 32.0 Å². The summed E-state index contributed by atoms with van der Waals surface area (Å²) in [5.74, 6) is 1.05. The van der Waals surface area contributed by atoms with Gasteiger partial charge in [-0.1, -0.05) is 17.7 Å². The first kappa shape index (κ1) is 15.9. The summed E-state index contributed by atoms with van der Waals surface area (Å²) in [5, 5.41) is 2.68. The maximum Gasteiger partial charge on any atom is 0.262 e. The van der Waals surface area contributed by atoms with E-state index in [1.165, 1.54) is 6.92 Å². The summed E-state index contributed by atoms with van der Waals surface area (Å²) in [6, 6.07) is 10.6. The van der Waals surface area contributed by atoms with Gasteiger partial charge in [-0.3, -0.25) is 9.59 Å². The number of carbonyl (C=O) groups excluding carboxylic acids is 2. The Bertz CT molecular complexity index is 783. The molecule has 3 rings (SSSR count). The van der Waals surface area contributed by atoms with Crippen molar-refractivity contribution >= 4 is 17.4 Å². The van der Waals surface area contributed by atoms with Gasteiger partial charge in [-0.2, -0.15) is 0 Å². The predicted octanol–water partition coefficient (Wildman–Crippen LogP) is 2.94. The second-order valence-corrected chi connectivity index (χ2v) is 5.46. The molecule has 124 valence electrons. The number of rotatable bonds is 5. The first-order chi connectivity index (χ1) is 11.5. The summed E-state index contributed by atoms with van der Waals surface area (Å²) in [6.45, 7) is 3.34. The Morgan fingerprint density at radius 3 is 2.46 bits per heavy atom. The number of Topliss-reactive ketones (excluding diaryl/α,β-unsaturated/α-hetero) is 1. The Hall–Kier alpha value is -3.02. The maximum absolute atomic E-state index is 12.1. The largest absolute Gasteiger partial charge is 0.484 e. The first-order valence-corrected chi connectivity index (χ1v) is 7.47. The minimum Gasteiger partial charge on any atom is -0.484 e. The third-order valence-corrected chi connectivity index (χ3v) is 3.56. The molecule has 0 radical (unpaired) electrons. The van der Waals surface area contributed by atoms with E-state index in [4.69, 9.17) is 14.2 Å². The predicted molar refractivity (Wildman–Crippen MR) is 87.9 cm³/mol. The van der Waals surface area contributed by atoms with Gasteiger partial charge in [-0.15, -0.1) is 0 Å². The first-order valence-electron chi connectivity index (χ1n) is 7.47. The third kappa shape index (κ3) is 3.48. The Labute approximate surface area is 139 Å². The summed E-state index contributed by atoms with van der Waals surface area (Å²) in [6.07, 6.45) is 0. The smallest absolute Gasteiger partial charge is 0.262 e. The summed E-state index contributed by atoms with van der Waals surface area (Å²) in [5.41, 5.74) is 1.85. The van der Waals surface area contributed by atoms with Gasteiger partial charge in [-0.25, -0.2) is 0 Å². The lowest BCUT2D eigenvalue weighted by Crippen LogP contribution is -2.21. The Balaban J connectivity index is 1.69. The van der Waals surface area contributed by atoms with Crippen molar-refractivity contribution in [1.82, 2.24) is 0 Å². The molecular weight excluding hydrogens is 310 g/mol. The van der Waals surface area contributed by atoms with Crippen LogP contribution in [0.1, 0.15) is 22.8 Å². The number of ether oxygens (including phenoxy) is 3. The number of benzene rings is 2. The Kier molecular flexibility index (Phi) is 4.37. The molecule has 0 saturated carbocycles. The van der Waals surface area contributed by atoms with Crippen LogP contribution in [0.15, 0.2) is 36.4 Å². The second kappa shape index (κ2) is 6.62. The van der Waals surface area contributed by atoms with E-state index < -0.39 is 0 Å². The summed E-state index contributed by atoms with van der Waals surface area (Å²) in [7, 11) is 0. The molecular formula is C18H17NO5. The van der Waals surface area contributed by atoms with Crippen molar-refractivity contribution in [1.29, 1.82) is 0 Å². The number of aryl methyl sites for hydroxylation is 1. The van der Waals surface area contributed by atoms with Crippen LogP contribution >= 0.6 is 0 Å². The zero-order valence-corrected chi connectivity index (χ0v) is 13.4. The molecule has 1 heterocycles. The van der Waals surface area contributed by atoms with Gasteiger partial charge >= 0.3 is 0 Å². The van der Waals surface area contributed by atoms with Crippen LogP contribution in [-0.4, -0.2) is 25.1 Å².